The number of benzene rings is 2. The van der Waals surface area contributed by atoms with Crippen molar-refractivity contribution in [2.75, 3.05) is 6.54 Å². The van der Waals surface area contributed by atoms with Crippen LogP contribution >= 0.6 is 0 Å². The van der Waals surface area contributed by atoms with Gasteiger partial charge in [0.1, 0.15) is 0 Å². The standard InChI is InChI=1S/C20H26N2O/c1-16(2)22(15-18-10-6-4-7-11-18)20(23)14-21-17(3)19-12-8-5-9-13-19/h4-13,16-17,21H,14-15H2,1-3H3. The van der Waals surface area contributed by atoms with Crippen LogP contribution in [-0.4, -0.2) is 23.4 Å². The largest absolute Gasteiger partial charge is 0.335 e. The van der Waals surface area contributed by atoms with E-state index in [1.807, 2.05) is 41.3 Å². The van der Waals surface area contributed by atoms with Gasteiger partial charge in [-0.2, -0.15) is 0 Å². The van der Waals surface area contributed by atoms with Crippen LogP contribution in [0.4, 0.5) is 0 Å². The average Bonchev–Trinajstić information content (AvgIpc) is 2.58. The highest BCUT2D eigenvalue weighted by atomic mass is 16.2. The lowest BCUT2D eigenvalue weighted by molar-refractivity contribution is -0.132. The van der Waals surface area contributed by atoms with Gasteiger partial charge in [-0.15, -0.1) is 0 Å². The summed E-state index contributed by atoms with van der Waals surface area (Å²) in [7, 11) is 0. The molecule has 3 heteroatoms. The molecule has 1 unspecified atom stereocenters. The molecule has 0 saturated heterocycles. The summed E-state index contributed by atoms with van der Waals surface area (Å²) in [6.45, 7) is 7.20. The molecule has 0 aliphatic rings. The Morgan fingerprint density at radius 2 is 1.52 bits per heavy atom. The third-order valence-corrected chi connectivity index (χ3v) is 4.00. The molecular weight excluding hydrogens is 284 g/mol. The minimum absolute atomic E-state index is 0.131. The summed E-state index contributed by atoms with van der Waals surface area (Å²) in [5.41, 5.74) is 2.35. The zero-order valence-corrected chi connectivity index (χ0v) is 14.2. The van der Waals surface area contributed by atoms with Crippen molar-refractivity contribution in [1.82, 2.24) is 10.2 Å². The zero-order valence-electron chi connectivity index (χ0n) is 14.2. The van der Waals surface area contributed by atoms with Crippen molar-refractivity contribution in [2.45, 2.75) is 39.4 Å². The second kappa shape index (κ2) is 8.49. The second-order valence-corrected chi connectivity index (χ2v) is 6.11. The molecule has 1 atom stereocenters. The molecule has 1 amide bonds. The summed E-state index contributed by atoms with van der Waals surface area (Å²) in [5, 5.41) is 3.33. The fourth-order valence-electron chi connectivity index (χ4n) is 2.54. The van der Waals surface area contributed by atoms with Crippen LogP contribution in [0.5, 0.6) is 0 Å². The van der Waals surface area contributed by atoms with E-state index in [0.717, 1.165) is 5.56 Å². The first-order valence-corrected chi connectivity index (χ1v) is 8.19. The van der Waals surface area contributed by atoms with Gasteiger partial charge in [0.25, 0.3) is 0 Å². The number of carbonyl (C=O) groups is 1. The van der Waals surface area contributed by atoms with Gasteiger partial charge in [0.05, 0.1) is 6.54 Å². The maximum atomic E-state index is 12.6. The van der Waals surface area contributed by atoms with Crippen molar-refractivity contribution >= 4 is 5.91 Å². The summed E-state index contributed by atoms with van der Waals surface area (Å²) < 4.78 is 0. The minimum atomic E-state index is 0.131. The molecule has 0 spiro atoms. The number of nitrogens with one attached hydrogen (secondary N) is 1. The number of hydrogen-bond donors (Lipinski definition) is 1. The van der Waals surface area contributed by atoms with E-state index in [2.05, 4.69) is 50.4 Å². The van der Waals surface area contributed by atoms with E-state index in [1.54, 1.807) is 0 Å². The normalized spacial score (nSPS) is 12.2. The molecule has 2 aromatic carbocycles. The van der Waals surface area contributed by atoms with E-state index in [1.165, 1.54) is 5.56 Å². The van der Waals surface area contributed by atoms with E-state index in [9.17, 15) is 4.79 Å². The number of amides is 1. The van der Waals surface area contributed by atoms with Gasteiger partial charge in [0.2, 0.25) is 5.91 Å². The van der Waals surface area contributed by atoms with Crippen LogP contribution in [-0.2, 0) is 11.3 Å². The average molecular weight is 310 g/mol. The monoisotopic (exact) mass is 310 g/mol. The van der Waals surface area contributed by atoms with Crippen LogP contribution < -0.4 is 5.32 Å². The third kappa shape index (κ3) is 5.22. The fourth-order valence-corrected chi connectivity index (χ4v) is 2.54. The number of nitrogens with zero attached hydrogens (tertiary/aromatic N) is 1. The highest BCUT2D eigenvalue weighted by Crippen LogP contribution is 2.12. The van der Waals surface area contributed by atoms with Gasteiger partial charge >= 0.3 is 0 Å². The topological polar surface area (TPSA) is 32.3 Å². The van der Waals surface area contributed by atoms with Gasteiger partial charge in [-0.1, -0.05) is 60.7 Å². The van der Waals surface area contributed by atoms with Crippen molar-refractivity contribution in [3.8, 4) is 0 Å². The molecule has 0 aliphatic heterocycles. The molecule has 0 radical (unpaired) electrons. The highest BCUT2D eigenvalue weighted by molar-refractivity contribution is 5.78. The Bertz CT molecular complexity index is 596. The first kappa shape index (κ1) is 17.2. The van der Waals surface area contributed by atoms with Gasteiger partial charge in [0.15, 0.2) is 0 Å². The number of carbonyl (C=O) groups excluding carboxylic acids is 1. The Morgan fingerprint density at radius 3 is 2.09 bits per heavy atom. The molecular formula is C20H26N2O. The smallest absolute Gasteiger partial charge is 0.237 e. The zero-order chi connectivity index (χ0) is 16.7. The molecule has 0 bridgehead atoms. The van der Waals surface area contributed by atoms with Crippen LogP contribution in [0, 0.1) is 0 Å². The minimum Gasteiger partial charge on any atom is -0.335 e. The predicted molar refractivity (Wildman–Crippen MR) is 95.0 cm³/mol. The van der Waals surface area contributed by atoms with Gasteiger partial charge in [0, 0.05) is 18.6 Å². The molecule has 122 valence electrons. The summed E-state index contributed by atoms with van der Waals surface area (Å²) in [5.74, 6) is 0.131. The molecule has 0 fully saturated rings. The lowest BCUT2D eigenvalue weighted by Crippen LogP contribution is -2.42. The van der Waals surface area contributed by atoms with Gasteiger partial charge in [-0.3, -0.25) is 4.79 Å². The lowest BCUT2D eigenvalue weighted by Gasteiger charge is -2.28. The van der Waals surface area contributed by atoms with Crippen LogP contribution in [0.3, 0.4) is 0 Å². The third-order valence-electron chi connectivity index (χ3n) is 4.00. The van der Waals surface area contributed by atoms with Gasteiger partial charge in [-0.25, -0.2) is 0 Å². The molecule has 2 rings (SSSR count). The Balaban J connectivity index is 1.93. The molecule has 0 aliphatic carbocycles. The quantitative estimate of drug-likeness (QED) is 0.844. The van der Waals surface area contributed by atoms with E-state index in [-0.39, 0.29) is 18.0 Å². The summed E-state index contributed by atoms with van der Waals surface area (Å²) in [6, 6.07) is 20.7. The molecule has 0 saturated carbocycles. The fraction of sp³-hybridized carbons (Fsp3) is 0.350. The van der Waals surface area contributed by atoms with Crippen molar-refractivity contribution in [3.63, 3.8) is 0 Å². The van der Waals surface area contributed by atoms with E-state index >= 15 is 0 Å². The first-order valence-electron chi connectivity index (χ1n) is 8.19. The van der Waals surface area contributed by atoms with Crippen molar-refractivity contribution < 1.29 is 4.79 Å². The molecule has 23 heavy (non-hydrogen) atoms. The van der Waals surface area contributed by atoms with Crippen LogP contribution in [0.25, 0.3) is 0 Å². The van der Waals surface area contributed by atoms with Crippen molar-refractivity contribution in [2.24, 2.45) is 0 Å². The number of hydrogen-bond acceptors (Lipinski definition) is 2. The Kier molecular flexibility index (Phi) is 6.36. The van der Waals surface area contributed by atoms with Crippen LogP contribution in [0.1, 0.15) is 37.9 Å². The van der Waals surface area contributed by atoms with Crippen molar-refractivity contribution in [3.05, 3.63) is 71.8 Å². The van der Waals surface area contributed by atoms with Crippen LogP contribution in [0.15, 0.2) is 60.7 Å². The molecule has 1 N–H and O–H groups in total. The van der Waals surface area contributed by atoms with E-state index < -0.39 is 0 Å². The Labute approximate surface area is 139 Å². The molecule has 3 nitrogen and oxygen atoms in total. The summed E-state index contributed by atoms with van der Waals surface area (Å²) in [6.07, 6.45) is 0. The maximum absolute atomic E-state index is 12.6. The second-order valence-electron chi connectivity index (χ2n) is 6.11. The van der Waals surface area contributed by atoms with Crippen molar-refractivity contribution in [1.29, 1.82) is 0 Å². The highest BCUT2D eigenvalue weighted by Gasteiger charge is 2.18. The summed E-state index contributed by atoms with van der Waals surface area (Å²) in [4.78, 5) is 14.5. The maximum Gasteiger partial charge on any atom is 0.237 e. The van der Waals surface area contributed by atoms with Gasteiger partial charge in [-0.05, 0) is 31.9 Å². The lowest BCUT2D eigenvalue weighted by atomic mass is 10.1. The van der Waals surface area contributed by atoms with Crippen LogP contribution in [0.2, 0.25) is 0 Å². The van der Waals surface area contributed by atoms with E-state index in [4.69, 9.17) is 0 Å². The first-order chi connectivity index (χ1) is 11.1. The SMILES string of the molecule is CC(NCC(=O)N(Cc1ccccc1)C(C)C)c1ccccc1. The molecule has 2 aromatic rings. The number of rotatable bonds is 7. The summed E-state index contributed by atoms with van der Waals surface area (Å²) >= 11 is 0. The molecule has 0 aromatic heterocycles. The predicted octanol–water partition coefficient (Wildman–Crippen LogP) is 3.77. The van der Waals surface area contributed by atoms with Gasteiger partial charge < -0.3 is 10.2 Å². The Hall–Kier alpha value is -2.13. The molecule has 0 heterocycles. The Morgan fingerprint density at radius 1 is 0.957 bits per heavy atom. The van der Waals surface area contributed by atoms with E-state index in [0.29, 0.717) is 13.1 Å².